The summed E-state index contributed by atoms with van der Waals surface area (Å²) in [6, 6.07) is 0. The van der Waals surface area contributed by atoms with E-state index in [0.29, 0.717) is 0 Å². The third-order valence-corrected chi connectivity index (χ3v) is 0. The van der Waals surface area contributed by atoms with Gasteiger partial charge < -0.3 is 4.55 Å². The topological polar surface area (TPSA) is 66.2 Å². The van der Waals surface area contributed by atoms with E-state index < -0.39 is 11.3 Å². The number of nitrogens with two attached hydrogens (primary N) is 1. The van der Waals surface area contributed by atoms with Gasteiger partial charge in [-0.15, -0.1) is 0 Å². The van der Waals surface area contributed by atoms with Gasteiger partial charge in [0.15, 0.2) is 0 Å². The van der Waals surface area contributed by atoms with E-state index in [4.69, 9.17) is 8.76 Å². The van der Waals surface area contributed by atoms with Gasteiger partial charge in [0, 0.05) is 11.3 Å². The minimum absolute atomic E-state index is 0. The summed E-state index contributed by atoms with van der Waals surface area (Å²) in [6.07, 6.45) is 0. The summed E-state index contributed by atoms with van der Waals surface area (Å²) in [5.74, 6) is 0. The Hall–Kier alpha value is 0.810. The maximum atomic E-state index is 8.78. The minimum atomic E-state index is -2.36. The van der Waals surface area contributed by atoms with Gasteiger partial charge in [0.25, 0.3) is 0 Å². The summed E-state index contributed by atoms with van der Waals surface area (Å²) in [5.41, 5.74) is 0. The van der Waals surface area contributed by atoms with Crippen molar-refractivity contribution in [1.82, 2.24) is 0 Å². The quantitative estimate of drug-likeness (QED) is 0.380. The van der Waals surface area contributed by atoms with Crippen LogP contribution in [0, 0.1) is 0 Å². The Labute approximate surface area is 47.9 Å². The molecule has 2 N–H and O–H groups in total. The zero-order valence-electron chi connectivity index (χ0n) is 2.10. The number of hydrogen-bond donors (Lipinski definition) is 1. The van der Waals surface area contributed by atoms with Crippen molar-refractivity contribution in [3.8, 4) is 0 Å². The Morgan fingerprint density at radius 1 is 1.80 bits per heavy atom. The minimum Gasteiger partial charge on any atom is -0.760 e. The average Bonchev–Trinajstić information content (AvgIpc) is 0.811. The van der Waals surface area contributed by atoms with Crippen molar-refractivity contribution in [2.24, 2.45) is 5.14 Å². The van der Waals surface area contributed by atoms with E-state index in [1.54, 1.807) is 0 Å². The number of hydrogen-bond acceptors (Lipinski definition) is 2. The molecular formula is H2AgNO2S. The van der Waals surface area contributed by atoms with Gasteiger partial charge in [-0.3, -0.25) is 9.35 Å². The SMILES string of the molecule is NS(=O)[O-].[Ag+]. The fraction of sp³-hybridized carbons (Fsp3) is 0. The maximum absolute atomic E-state index is 8.78. The Kier molecular flexibility index (Phi) is 8.91. The van der Waals surface area contributed by atoms with Crippen LogP contribution in [0.25, 0.3) is 0 Å². The summed E-state index contributed by atoms with van der Waals surface area (Å²) < 4.78 is 17.6. The molecule has 0 spiro atoms. The molecule has 0 aromatic carbocycles. The van der Waals surface area contributed by atoms with Gasteiger partial charge >= 0.3 is 22.4 Å². The van der Waals surface area contributed by atoms with Crippen LogP contribution in [0.3, 0.4) is 0 Å². The second-order valence-corrected chi connectivity index (χ2v) is 0.781. The van der Waals surface area contributed by atoms with E-state index >= 15 is 0 Å². The molecular weight excluding hydrogens is 186 g/mol. The molecule has 5 heavy (non-hydrogen) atoms. The second-order valence-electron chi connectivity index (χ2n) is 0.260. The predicted molar refractivity (Wildman–Crippen MR) is 13.1 cm³/mol. The fourth-order valence-corrected chi connectivity index (χ4v) is 0. The van der Waals surface area contributed by atoms with Crippen molar-refractivity contribution in [3.05, 3.63) is 0 Å². The van der Waals surface area contributed by atoms with E-state index in [9.17, 15) is 0 Å². The molecule has 0 saturated carbocycles. The van der Waals surface area contributed by atoms with Crippen LogP contribution in [0.15, 0.2) is 0 Å². The normalized spacial score (nSPS) is 12.4. The van der Waals surface area contributed by atoms with Gasteiger partial charge in [-0.2, -0.15) is 0 Å². The molecule has 0 heterocycles. The van der Waals surface area contributed by atoms with Gasteiger partial charge in [-0.1, -0.05) is 0 Å². The summed E-state index contributed by atoms with van der Waals surface area (Å²) >= 11 is -2.36. The number of rotatable bonds is 0. The maximum Gasteiger partial charge on any atom is 1.00 e. The molecule has 36 valence electrons. The average molecular weight is 188 g/mol. The molecule has 1 unspecified atom stereocenters. The Morgan fingerprint density at radius 3 is 1.80 bits per heavy atom. The van der Waals surface area contributed by atoms with Crippen LogP contribution in [0.5, 0.6) is 0 Å². The van der Waals surface area contributed by atoms with Crippen LogP contribution in [-0.2, 0) is 33.6 Å². The molecule has 5 heteroatoms. The molecule has 0 saturated heterocycles. The largest absolute Gasteiger partial charge is 1.00 e. The summed E-state index contributed by atoms with van der Waals surface area (Å²) in [5, 5.41) is 4.03. The molecule has 0 aromatic rings. The van der Waals surface area contributed by atoms with Crippen molar-refractivity contribution >= 4 is 11.3 Å². The molecule has 0 fully saturated rings. The van der Waals surface area contributed by atoms with Crippen LogP contribution < -0.4 is 5.14 Å². The predicted octanol–water partition coefficient (Wildman–Crippen LogP) is -1.26. The molecule has 0 rings (SSSR count). The molecule has 0 aliphatic heterocycles. The smallest absolute Gasteiger partial charge is 0.760 e. The van der Waals surface area contributed by atoms with E-state index in [-0.39, 0.29) is 22.4 Å². The van der Waals surface area contributed by atoms with Crippen LogP contribution in [-0.4, -0.2) is 8.76 Å². The van der Waals surface area contributed by atoms with Crippen molar-refractivity contribution in [2.75, 3.05) is 0 Å². The summed E-state index contributed by atoms with van der Waals surface area (Å²) in [7, 11) is 0. The van der Waals surface area contributed by atoms with Gasteiger partial charge in [-0.05, 0) is 0 Å². The Balaban J connectivity index is 0. The van der Waals surface area contributed by atoms with Gasteiger partial charge in [0.05, 0.1) is 0 Å². The van der Waals surface area contributed by atoms with Crippen molar-refractivity contribution in [1.29, 1.82) is 0 Å². The Morgan fingerprint density at radius 2 is 1.80 bits per heavy atom. The summed E-state index contributed by atoms with van der Waals surface area (Å²) in [6.45, 7) is 0. The van der Waals surface area contributed by atoms with Crippen LogP contribution in [0.1, 0.15) is 0 Å². The second kappa shape index (κ2) is 4.81. The first-order chi connectivity index (χ1) is 1.73. The molecule has 0 aromatic heterocycles. The molecule has 0 bridgehead atoms. The first-order valence-electron chi connectivity index (χ1n) is 0.569. The van der Waals surface area contributed by atoms with E-state index in [1.165, 1.54) is 0 Å². The third kappa shape index (κ3) is 57.9. The van der Waals surface area contributed by atoms with Crippen LogP contribution in [0.2, 0.25) is 0 Å². The molecule has 0 aliphatic rings. The third-order valence-electron chi connectivity index (χ3n) is 0. The van der Waals surface area contributed by atoms with Gasteiger partial charge in [-0.25, -0.2) is 0 Å². The zero-order chi connectivity index (χ0) is 3.58. The molecule has 3 nitrogen and oxygen atoms in total. The molecule has 1 atom stereocenters. The van der Waals surface area contributed by atoms with Crippen molar-refractivity contribution in [3.63, 3.8) is 0 Å². The molecule has 0 amide bonds. The zero-order valence-corrected chi connectivity index (χ0v) is 4.40. The first kappa shape index (κ1) is 9.26. The van der Waals surface area contributed by atoms with Crippen molar-refractivity contribution < 1.29 is 31.1 Å². The van der Waals surface area contributed by atoms with Crippen molar-refractivity contribution in [2.45, 2.75) is 0 Å². The Bertz CT molecular complexity index is 32.6. The fourth-order valence-electron chi connectivity index (χ4n) is 0. The molecule has 0 aliphatic carbocycles. The van der Waals surface area contributed by atoms with Crippen LogP contribution in [0.4, 0.5) is 0 Å². The van der Waals surface area contributed by atoms with E-state index in [0.717, 1.165) is 0 Å². The monoisotopic (exact) mass is 187 g/mol. The molecule has 0 radical (unpaired) electrons. The summed E-state index contributed by atoms with van der Waals surface area (Å²) in [4.78, 5) is 0. The van der Waals surface area contributed by atoms with Gasteiger partial charge in [0.2, 0.25) is 0 Å². The van der Waals surface area contributed by atoms with Crippen LogP contribution >= 0.6 is 0 Å². The van der Waals surface area contributed by atoms with E-state index in [2.05, 4.69) is 5.14 Å². The standard InChI is InChI=1S/Ag.H3NO2S/c;1-4(2)3/h;1H2,(H,2,3)/q+1;/p-1. The van der Waals surface area contributed by atoms with E-state index in [1.807, 2.05) is 0 Å². The first-order valence-corrected chi connectivity index (χ1v) is 1.71. The van der Waals surface area contributed by atoms with Gasteiger partial charge in [0.1, 0.15) is 0 Å².